The van der Waals surface area contributed by atoms with Crippen LogP contribution in [0.3, 0.4) is 0 Å². The van der Waals surface area contributed by atoms with Crippen molar-refractivity contribution in [3.8, 4) is 5.75 Å². The number of aromatic hydroxyl groups is 1. The van der Waals surface area contributed by atoms with E-state index in [0.717, 1.165) is 29.2 Å². The third-order valence-electron chi connectivity index (χ3n) is 3.20. The predicted octanol–water partition coefficient (Wildman–Crippen LogP) is 1.18. The summed E-state index contributed by atoms with van der Waals surface area (Å²) in [6.07, 6.45) is 0. The highest BCUT2D eigenvalue weighted by molar-refractivity contribution is 8.19. The molecule has 2 atom stereocenters. The second-order valence-corrected chi connectivity index (χ2v) is 6.88. The van der Waals surface area contributed by atoms with Crippen LogP contribution in [-0.2, 0) is 9.59 Å². The van der Waals surface area contributed by atoms with E-state index in [2.05, 4.69) is 10.3 Å². The van der Waals surface area contributed by atoms with Crippen LogP contribution in [0.2, 0.25) is 0 Å². The molecular formula is C13H11N3O4S2. The molecule has 22 heavy (non-hydrogen) atoms. The van der Waals surface area contributed by atoms with Crippen LogP contribution < -0.4 is 10.2 Å². The van der Waals surface area contributed by atoms with Crippen molar-refractivity contribution in [1.82, 2.24) is 5.32 Å². The van der Waals surface area contributed by atoms with Crippen molar-refractivity contribution in [3.63, 3.8) is 0 Å². The van der Waals surface area contributed by atoms with Gasteiger partial charge in [-0.3, -0.25) is 19.7 Å². The van der Waals surface area contributed by atoms with Gasteiger partial charge in [0, 0.05) is 12.7 Å². The third-order valence-corrected chi connectivity index (χ3v) is 5.73. The van der Waals surface area contributed by atoms with Crippen molar-refractivity contribution in [3.05, 3.63) is 24.3 Å². The Balaban J connectivity index is 1.76. The van der Waals surface area contributed by atoms with Gasteiger partial charge in [0.2, 0.25) is 5.91 Å². The topological polar surface area (TPSA) is 99.1 Å². The van der Waals surface area contributed by atoms with Gasteiger partial charge in [-0.15, -0.1) is 0 Å². The summed E-state index contributed by atoms with van der Waals surface area (Å²) in [5, 5.41) is 10.0. The highest BCUT2D eigenvalue weighted by Crippen LogP contribution is 2.36. The molecule has 0 spiro atoms. The van der Waals surface area contributed by atoms with E-state index in [1.807, 2.05) is 0 Å². The van der Waals surface area contributed by atoms with Gasteiger partial charge in [-0.25, -0.2) is 0 Å². The molecule has 2 unspecified atom stereocenters. The number of carbonyl (C=O) groups is 3. The van der Waals surface area contributed by atoms with Gasteiger partial charge < -0.3 is 10.0 Å². The van der Waals surface area contributed by atoms with Crippen molar-refractivity contribution in [2.24, 2.45) is 4.99 Å². The highest BCUT2D eigenvalue weighted by Gasteiger charge is 2.45. The number of imide groups is 1. The van der Waals surface area contributed by atoms with E-state index in [1.54, 1.807) is 24.1 Å². The molecule has 0 radical (unpaired) electrons. The van der Waals surface area contributed by atoms with Crippen molar-refractivity contribution in [2.45, 2.75) is 10.5 Å². The monoisotopic (exact) mass is 337 g/mol. The van der Waals surface area contributed by atoms with Crippen LogP contribution in [0.1, 0.15) is 0 Å². The minimum Gasteiger partial charge on any atom is -0.508 e. The van der Waals surface area contributed by atoms with E-state index in [1.165, 1.54) is 12.1 Å². The lowest BCUT2D eigenvalue weighted by atomic mass is 10.2. The number of hydrogen-bond donors (Lipinski definition) is 2. The number of rotatable bonds is 2. The Hall–Kier alpha value is -2.00. The first-order valence-corrected chi connectivity index (χ1v) is 8.05. The van der Waals surface area contributed by atoms with Crippen LogP contribution in [0.5, 0.6) is 5.75 Å². The minimum atomic E-state index is -0.750. The SMILES string of the molecule is CN(C1=NC(=O)C(C2SC(=O)NC2=O)S1)c1ccc(O)cc1. The number of thioether (sulfide) groups is 2. The summed E-state index contributed by atoms with van der Waals surface area (Å²) in [5.74, 6) is -0.734. The molecule has 2 aliphatic rings. The Labute approximate surface area is 134 Å². The molecule has 0 aliphatic carbocycles. The van der Waals surface area contributed by atoms with E-state index < -0.39 is 27.6 Å². The zero-order valence-corrected chi connectivity index (χ0v) is 13.0. The van der Waals surface area contributed by atoms with Crippen LogP contribution in [0, 0.1) is 0 Å². The molecule has 114 valence electrons. The molecule has 0 saturated carbocycles. The zero-order valence-electron chi connectivity index (χ0n) is 11.3. The summed E-state index contributed by atoms with van der Waals surface area (Å²) in [6.45, 7) is 0. The second kappa shape index (κ2) is 5.65. The predicted molar refractivity (Wildman–Crippen MR) is 85.2 cm³/mol. The largest absolute Gasteiger partial charge is 0.508 e. The van der Waals surface area contributed by atoms with Crippen molar-refractivity contribution in [1.29, 1.82) is 0 Å². The second-order valence-electron chi connectivity index (χ2n) is 4.66. The summed E-state index contributed by atoms with van der Waals surface area (Å²) in [4.78, 5) is 40.6. The van der Waals surface area contributed by atoms with Gasteiger partial charge in [0.25, 0.3) is 11.1 Å². The Morgan fingerprint density at radius 3 is 2.41 bits per heavy atom. The van der Waals surface area contributed by atoms with Crippen LogP contribution in [0.25, 0.3) is 0 Å². The van der Waals surface area contributed by atoms with Crippen LogP contribution >= 0.6 is 23.5 Å². The molecular weight excluding hydrogens is 326 g/mol. The molecule has 1 aromatic rings. The molecule has 2 aliphatic heterocycles. The first-order chi connectivity index (χ1) is 10.5. The van der Waals surface area contributed by atoms with Gasteiger partial charge in [0.1, 0.15) is 16.2 Å². The van der Waals surface area contributed by atoms with Gasteiger partial charge in [0.15, 0.2) is 5.17 Å². The normalized spacial score (nSPS) is 24.4. The summed E-state index contributed by atoms with van der Waals surface area (Å²) >= 11 is 1.98. The molecule has 2 N–H and O–H groups in total. The van der Waals surface area contributed by atoms with E-state index in [4.69, 9.17) is 0 Å². The molecule has 0 bridgehead atoms. The molecule has 0 aromatic heterocycles. The number of hydrogen-bond acceptors (Lipinski definition) is 7. The number of phenols is 1. The maximum Gasteiger partial charge on any atom is 0.286 e. The van der Waals surface area contributed by atoms with Gasteiger partial charge in [-0.05, 0) is 36.0 Å². The van der Waals surface area contributed by atoms with Crippen molar-refractivity contribution < 1.29 is 19.5 Å². The quantitative estimate of drug-likeness (QED) is 0.836. The number of phenolic OH excluding ortho intramolecular Hbond substituents is 1. The first-order valence-electron chi connectivity index (χ1n) is 6.29. The number of carbonyl (C=O) groups excluding carboxylic acids is 3. The van der Waals surface area contributed by atoms with E-state index in [0.29, 0.717) is 5.17 Å². The Morgan fingerprint density at radius 1 is 1.14 bits per heavy atom. The lowest BCUT2D eigenvalue weighted by Crippen LogP contribution is -2.34. The fraction of sp³-hybridized carbons (Fsp3) is 0.231. The van der Waals surface area contributed by atoms with Crippen LogP contribution in [0.4, 0.5) is 10.5 Å². The standard InChI is InChI=1S/C13H11N3O4S2/c1-16(6-2-4-7(17)5-3-6)12-14-10(18)8(21-12)9-11(19)15-13(20)22-9/h2-5,8-9,17H,1H3,(H,15,19,20). The fourth-order valence-electron chi connectivity index (χ4n) is 2.05. The molecule has 1 aromatic carbocycles. The highest BCUT2D eigenvalue weighted by atomic mass is 32.2. The van der Waals surface area contributed by atoms with E-state index in [-0.39, 0.29) is 5.75 Å². The number of amidine groups is 1. The summed E-state index contributed by atoms with van der Waals surface area (Å²) in [6, 6.07) is 6.45. The number of amides is 3. The lowest BCUT2D eigenvalue weighted by Gasteiger charge is -2.19. The molecule has 2 heterocycles. The van der Waals surface area contributed by atoms with Gasteiger partial charge >= 0.3 is 0 Å². The minimum absolute atomic E-state index is 0.143. The summed E-state index contributed by atoms with van der Waals surface area (Å²) in [5.41, 5.74) is 0.747. The molecule has 3 rings (SSSR count). The smallest absolute Gasteiger partial charge is 0.286 e. The summed E-state index contributed by atoms with van der Waals surface area (Å²) < 4.78 is 0. The number of benzene rings is 1. The number of nitrogens with one attached hydrogen (secondary N) is 1. The van der Waals surface area contributed by atoms with E-state index in [9.17, 15) is 19.5 Å². The third kappa shape index (κ3) is 2.69. The summed E-state index contributed by atoms with van der Waals surface area (Å²) in [7, 11) is 1.74. The van der Waals surface area contributed by atoms with Crippen LogP contribution in [0.15, 0.2) is 29.3 Å². The molecule has 1 saturated heterocycles. The number of aliphatic imine (C=N–C) groups is 1. The van der Waals surface area contributed by atoms with Crippen molar-refractivity contribution in [2.75, 3.05) is 11.9 Å². The average Bonchev–Trinajstić information content (AvgIpc) is 3.01. The molecule has 9 heteroatoms. The molecule has 1 fully saturated rings. The van der Waals surface area contributed by atoms with E-state index >= 15 is 0 Å². The van der Waals surface area contributed by atoms with Crippen molar-refractivity contribution >= 4 is 51.4 Å². The zero-order chi connectivity index (χ0) is 15.9. The molecule has 3 amide bonds. The Kier molecular flexibility index (Phi) is 3.83. The average molecular weight is 337 g/mol. The number of anilines is 1. The maximum atomic E-state index is 12.0. The van der Waals surface area contributed by atoms with Gasteiger partial charge in [0.05, 0.1) is 0 Å². The lowest BCUT2D eigenvalue weighted by molar-refractivity contribution is -0.122. The molecule has 7 nitrogen and oxygen atoms in total. The number of nitrogens with zero attached hydrogens (tertiary/aromatic N) is 2. The van der Waals surface area contributed by atoms with Gasteiger partial charge in [-0.2, -0.15) is 4.99 Å². The first kappa shape index (κ1) is 14.9. The van der Waals surface area contributed by atoms with Crippen LogP contribution in [-0.4, -0.2) is 44.9 Å². The Morgan fingerprint density at radius 2 is 1.82 bits per heavy atom. The Bertz CT molecular complexity index is 689. The maximum absolute atomic E-state index is 12.0. The fourth-order valence-corrected chi connectivity index (χ4v) is 4.21. The van der Waals surface area contributed by atoms with Gasteiger partial charge in [-0.1, -0.05) is 11.8 Å².